The zero-order valence-corrected chi connectivity index (χ0v) is 15.4. The second kappa shape index (κ2) is 7.55. The van der Waals surface area contributed by atoms with Crippen LogP contribution in [0, 0.1) is 0 Å². The van der Waals surface area contributed by atoms with Gasteiger partial charge in [-0.15, -0.1) is 0 Å². The predicted molar refractivity (Wildman–Crippen MR) is 98.9 cm³/mol. The molecule has 7 nitrogen and oxygen atoms in total. The first-order chi connectivity index (χ1) is 12.8. The SMILES string of the molecule is CCCCc1nc(-c2nn(C)c3ccccc23)n(C[C@H]2COCCO2)n1. The highest BCUT2D eigenvalue weighted by atomic mass is 16.6. The average molecular weight is 355 g/mol. The fourth-order valence-corrected chi connectivity index (χ4v) is 3.35. The Balaban J connectivity index is 1.73. The molecule has 0 unspecified atom stereocenters. The molecule has 4 rings (SSSR count). The molecule has 1 aromatic carbocycles. The van der Waals surface area contributed by atoms with Crippen molar-refractivity contribution in [2.45, 2.75) is 38.8 Å². The molecular weight excluding hydrogens is 330 g/mol. The van der Waals surface area contributed by atoms with Crippen LogP contribution in [-0.2, 0) is 29.5 Å². The highest BCUT2D eigenvalue weighted by Crippen LogP contribution is 2.27. The number of para-hydroxylation sites is 1. The van der Waals surface area contributed by atoms with Gasteiger partial charge in [0, 0.05) is 18.9 Å². The van der Waals surface area contributed by atoms with E-state index in [-0.39, 0.29) is 6.10 Å². The lowest BCUT2D eigenvalue weighted by Crippen LogP contribution is -2.32. The highest BCUT2D eigenvalue weighted by molar-refractivity contribution is 5.91. The van der Waals surface area contributed by atoms with E-state index in [4.69, 9.17) is 24.7 Å². The topological polar surface area (TPSA) is 67.0 Å². The maximum absolute atomic E-state index is 5.82. The number of hydrogen-bond acceptors (Lipinski definition) is 5. The summed E-state index contributed by atoms with van der Waals surface area (Å²) < 4.78 is 15.2. The van der Waals surface area contributed by atoms with Gasteiger partial charge in [0.1, 0.15) is 11.8 Å². The van der Waals surface area contributed by atoms with Crippen LogP contribution in [0.4, 0.5) is 0 Å². The Hall–Kier alpha value is -2.25. The van der Waals surface area contributed by atoms with Crippen LogP contribution in [0.1, 0.15) is 25.6 Å². The molecular formula is C19H25N5O2. The average Bonchev–Trinajstić information content (AvgIpc) is 3.22. The molecule has 7 heteroatoms. The molecule has 3 heterocycles. The lowest BCUT2D eigenvalue weighted by Gasteiger charge is -2.23. The molecule has 0 saturated carbocycles. The van der Waals surface area contributed by atoms with Crippen molar-refractivity contribution in [2.24, 2.45) is 7.05 Å². The van der Waals surface area contributed by atoms with Crippen molar-refractivity contribution in [1.29, 1.82) is 0 Å². The fourth-order valence-electron chi connectivity index (χ4n) is 3.35. The maximum atomic E-state index is 5.82. The van der Waals surface area contributed by atoms with E-state index < -0.39 is 0 Å². The van der Waals surface area contributed by atoms with Crippen LogP contribution in [0.25, 0.3) is 22.4 Å². The van der Waals surface area contributed by atoms with Crippen LogP contribution in [-0.4, -0.2) is 50.5 Å². The predicted octanol–water partition coefficient (Wildman–Crippen LogP) is 2.59. The maximum Gasteiger partial charge on any atom is 0.179 e. The van der Waals surface area contributed by atoms with E-state index in [0.29, 0.717) is 26.4 Å². The van der Waals surface area contributed by atoms with Crippen molar-refractivity contribution in [3.8, 4) is 11.5 Å². The highest BCUT2D eigenvalue weighted by Gasteiger charge is 2.22. The Kier molecular flexibility index (Phi) is 4.99. The van der Waals surface area contributed by atoms with E-state index in [1.807, 2.05) is 28.5 Å². The van der Waals surface area contributed by atoms with Gasteiger partial charge in [-0.25, -0.2) is 9.67 Å². The number of unbranched alkanes of at least 4 members (excludes halogenated alkanes) is 1. The molecule has 2 aromatic heterocycles. The number of ether oxygens (including phenoxy) is 2. The lowest BCUT2D eigenvalue weighted by molar-refractivity contribution is -0.0945. The number of nitrogens with zero attached hydrogens (tertiary/aromatic N) is 5. The van der Waals surface area contributed by atoms with Crippen molar-refractivity contribution < 1.29 is 9.47 Å². The standard InChI is InChI=1S/C19H25N5O2/c1-3-4-9-17-20-19(24(21-17)12-14-13-25-10-11-26-14)18-15-7-5-6-8-16(15)23(2)22-18/h5-8,14H,3-4,9-13H2,1-2H3/t14-/m0/s1. The third-order valence-corrected chi connectivity index (χ3v) is 4.70. The van der Waals surface area contributed by atoms with Crippen LogP contribution in [0.3, 0.4) is 0 Å². The summed E-state index contributed by atoms with van der Waals surface area (Å²) in [5, 5.41) is 10.6. The molecule has 0 bridgehead atoms. The van der Waals surface area contributed by atoms with Crippen molar-refractivity contribution in [1.82, 2.24) is 24.5 Å². The van der Waals surface area contributed by atoms with Gasteiger partial charge < -0.3 is 9.47 Å². The van der Waals surface area contributed by atoms with Gasteiger partial charge in [0.15, 0.2) is 11.6 Å². The minimum atomic E-state index is -0.00167. The summed E-state index contributed by atoms with van der Waals surface area (Å²) in [4.78, 5) is 4.83. The van der Waals surface area contributed by atoms with E-state index in [9.17, 15) is 0 Å². The van der Waals surface area contributed by atoms with Gasteiger partial charge in [-0.1, -0.05) is 31.5 Å². The second-order valence-corrected chi connectivity index (χ2v) is 6.69. The number of aromatic nitrogens is 5. The first-order valence-electron chi connectivity index (χ1n) is 9.31. The summed E-state index contributed by atoms with van der Waals surface area (Å²) >= 11 is 0. The molecule has 138 valence electrons. The molecule has 0 spiro atoms. The molecule has 0 aliphatic carbocycles. The molecule has 1 atom stereocenters. The summed E-state index contributed by atoms with van der Waals surface area (Å²) in [5.41, 5.74) is 1.96. The molecule has 3 aromatic rings. The molecule has 1 aliphatic rings. The molecule has 1 fully saturated rings. The number of fused-ring (bicyclic) bond motifs is 1. The number of aryl methyl sites for hydroxylation is 2. The van der Waals surface area contributed by atoms with E-state index in [2.05, 4.69) is 19.1 Å². The largest absolute Gasteiger partial charge is 0.376 e. The quantitative estimate of drug-likeness (QED) is 0.680. The van der Waals surface area contributed by atoms with Gasteiger partial charge >= 0.3 is 0 Å². The summed E-state index contributed by atoms with van der Waals surface area (Å²) in [6, 6.07) is 8.22. The molecule has 1 saturated heterocycles. The first kappa shape index (κ1) is 17.2. The zero-order chi connectivity index (χ0) is 17.9. The smallest absolute Gasteiger partial charge is 0.179 e. The van der Waals surface area contributed by atoms with E-state index in [1.54, 1.807) is 0 Å². The molecule has 1 aliphatic heterocycles. The van der Waals surface area contributed by atoms with Crippen LogP contribution in [0.15, 0.2) is 24.3 Å². The fraction of sp³-hybridized carbons (Fsp3) is 0.526. The molecule has 0 amide bonds. The van der Waals surface area contributed by atoms with Crippen LogP contribution in [0.2, 0.25) is 0 Å². The Morgan fingerprint density at radius 2 is 2.08 bits per heavy atom. The summed E-state index contributed by atoms with van der Waals surface area (Å²) in [7, 11) is 1.96. The molecule has 0 N–H and O–H groups in total. The van der Waals surface area contributed by atoms with Crippen molar-refractivity contribution in [3.63, 3.8) is 0 Å². The number of hydrogen-bond donors (Lipinski definition) is 0. The summed E-state index contributed by atoms with van der Waals surface area (Å²) in [5.74, 6) is 1.68. The number of benzene rings is 1. The first-order valence-corrected chi connectivity index (χ1v) is 9.31. The van der Waals surface area contributed by atoms with Gasteiger partial charge in [-0.2, -0.15) is 10.2 Å². The minimum Gasteiger partial charge on any atom is -0.376 e. The van der Waals surface area contributed by atoms with Crippen molar-refractivity contribution >= 4 is 10.9 Å². The minimum absolute atomic E-state index is 0.00167. The Labute approximate surface area is 152 Å². The van der Waals surface area contributed by atoms with Gasteiger partial charge in [0.2, 0.25) is 0 Å². The van der Waals surface area contributed by atoms with Crippen molar-refractivity contribution in [3.05, 3.63) is 30.1 Å². The third kappa shape index (κ3) is 3.37. The normalized spacial score (nSPS) is 17.8. The van der Waals surface area contributed by atoms with Gasteiger partial charge in [-0.05, 0) is 12.5 Å². The van der Waals surface area contributed by atoms with Gasteiger partial charge in [0.25, 0.3) is 0 Å². The second-order valence-electron chi connectivity index (χ2n) is 6.69. The Morgan fingerprint density at radius 1 is 1.19 bits per heavy atom. The van der Waals surface area contributed by atoms with Gasteiger partial charge in [0.05, 0.1) is 31.9 Å². The zero-order valence-electron chi connectivity index (χ0n) is 15.4. The molecule has 0 radical (unpaired) electrons. The van der Waals surface area contributed by atoms with Crippen LogP contribution in [0.5, 0.6) is 0 Å². The summed E-state index contributed by atoms with van der Waals surface area (Å²) in [6.45, 7) is 4.68. The summed E-state index contributed by atoms with van der Waals surface area (Å²) in [6.07, 6.45) is 3.08. The van der Waals surface area contributed by atoms with E-state index >= 15 is 0 Å². The number of rotatable bonds is 6. The lowest BCUT2D eigenvalue weighted by atomic mass is 10.2. The van der Waals surface area contributed by atoms with Gasteiger partial charge in [-0.3, -0.25) is 4.68 Å². The Morgan fingerprint density at radius 3 is 2.88 bits per heavy atom. The van der Waals surface area contributed by atoms with E-state index in [1.165, 1.54) is 0 Å². The Bertz CT molecular complexity index is 879. The third-order valence-electron chi connectivity index (χ3n) is 4.70. The van der Waals surface area contributed by atoms with Crippen LogP contribution >= 0.6 is 0 Å². The van der Waals surface area contributed by atoms with Crippen LogP contribution < -0.4 is 0 Å². The monoisotopic (exact) mass is 355 g/mol. The molecule has 26 heavy (non-hydrogen) atoms. The van der Waals surface area contributed by atoms with E-state index in [0.717, 1.165) is 47.5 Å². The van der Waals surface area contributed by atoms with Crippen molar-refractivity contribution in [2.75, 3.05) is 19.8 Å².